The number of hydrogen-bond donors (Lipinski definition) is 0. The number of aromatic nitrogens is 4. The highest BCUT2D eigenvalue weighted by Crippen LogP contribution is 2.34. The molecule has 8 heteroatoms. The smallest absolute Gasteiger partial charge is 0.174 e. The first-order valence-electron chi connectivity index (χ1n) is 9.93. The molecule has 0 amide bonds. The zero-order valence-corrected chi connectivity index (χ0v) is 18.3. The molecule has 0 N–H and O–H groups in total. The van der Waals surface area contributed by atoms with Crippen LogP contribution in [-0.2, 0) is 5.54 Å². The van der Waals surface area contributed by atoms with Gasteiger partial charge in [0, 0.05) is 31.1 Å². The monoisotopic (exact) mass is 412 g/mol. The third kappa shape index (κ3) is 4.00. The van der Waals surface area contributed by atoms with Crippen LogP contribution in [0.15, 0.2) is 41.8 Å². The van der Waals surface area contributed by atoms with Crippen molar-refractivity contribution in [2.45, 2.75) is 32.4 Å². The van der Waals surface area contributed by atoms with Crippen molar-refractivity contribution in [1.82, 2.24) is 25.1 Å². The average molecular weight is 413 g/mol. The van der Waals surface area contributed by atoms with Gasteiger partial charge in [0.25, 0.3) is 0 Å². The summed E-state index contributed by atoms with van der Waals surface area (Å²) in [5.74, 6) is 1.83. The first-order valence-corrected chi connectivity index (χ1v) is 10.8. The molecule has 1 aliphatic heterocycles. The van der Waals surface area contributed by atoms with Crippen LogP contribution in [0.4, 0.5) is 5.69 Å². The fourth-order valence-electron chi connectivity index (χ4n) is 3.87. The Hall–Kier alpha value is -2.45. The highest BCUT2D eigenvalue weighted by molar-refractivity contribution is 7.10. The Morgan fingerprint density at radius 2 is 1.79 bits per heavy atom. The summed E-state index contributed by atoms with van der Waals surface area (Å²) in [5.41, 5.74) is 0.981. The van der Waals surface area contributed by atoms with Crippen LogP contribution in [0, 0.1) is 0 Å². The molecule has 1 aliphatic rings. The van der Waals surface area contributed by atoms with Crippen molar-refractivity contribution in [1.29, 1.82) is 0 Å². The maximum atomic E-state index is 5.56. The van der Waals surface area contributed by atoms with Gasteiger partial charge in [-0.15, -0.1) is 16.4 Å². The summed E-state index contributed by atoms with van der Waals surface area (Å²) >= 11 is 1.76. The lowest BCUT2D eigenvalue weighted by Crippen LogP contribution is -2.48. The second kappa shape index (κ2) is 8.12. The third-order valence-corrected chi connectivity index (χ3v) is 6.22. The highest BCUT2D eigenvalue weighted by atomic mass is 32.1. The lowest BCUT2D eigenvalue weighted by molar-refractivity contribution is 0.193. The topological polar surface area (TPSA) is 59.3 Å². The zero-order valence-electron chi connectivity index (χ0n) is 17.4. The van der Waals surface area contributed by atoms with Crippen LogP contribution < -0.4 is 9.64 Å². The number of para-hydroxylation sites is 2. The Morgan fingerprint density at radius 3 is 2.45 bits per heavy atom. The molecule has 29 heavy (non-hydrogen) atoms. The fraction of sp³-hybridized carbons (Fsp3) is 0.476. The Bertz CT molecular complexity index is 925. The van der Waals surface area contributed by atoms with Gasteiger partial charge in [0.05, 0.1) is 18.3 Å². The van der Waals surface area contributed by atoms with Crippen molar-refractivity contribution in [3.8, 4) is 5.75 Å². The first-order chi connectivity index (χ1) is 14.0. The van der Waals surface area contributed by atoms with Gasteiger partial charge in [0.1, 0.15) is 11.8 Å². The molecular weight excluding hydrogens is 384 g/mol. The fourth-order valence-corrected chi connectivity index (χ4v) is 4.73. The van der Waals surface area contributed by atoms with E-state index in [-0.39, 0.29) is 11.6 Å². The van der Waals surface area contributed by atoms with Crippen LogP contribution in [-0.4, -0.2) is 58.4 Å². The normalized spacial score (nSPS) is 16.8. The molecule has 7 nitrogen and oxygen atoms in total. The number of hydrogen-bond acceptors (Lipinski definition) is 7. The minimum atomic E-state index is -0.173. The molecule has 0 radical (unpaired) electrons. The van der Waals surface area contributed by atoms with Crippen LogP contribution >= 0.6 is 11.3 Å². The molecule has 2 aromatic heterocycles. The van der Waals surface area contributed by atoms with Gasteiger partial charge in [-0.3, -0.25) is 4.90 Å². The molecule has 0 aliphatic carbocycles. The van der Waals surface area contributed by atoms with E-state index in [4.69, 9.17) is 4.74 Å². The maximum Gasteiger partial charge on any atom is 0.174 e. The van der Waals surface area contributed by atoms with Crippen molar-refractivity contribution >= 4 is 17.0 Å². The molecule has 0 saturated carbocycles. The van der Waals surface area contributed by atoms with E-state index in [0.717, 1.165) is 43.4 Å². The number of thiophene rings is 1. The number of nitrogens with zero attached hydrogens (tertiary/aromatic N) is 6. The van der Waals surface area contributed by atoms with Crippen molar-refractivity contribution in [3.05, 3.63) is 52.5 Å². The summed E-state index contributed by atoms with van der Waals surface area (Å²) in [5, 5.41) is 14.9. The Kier molecular flexibility index (Phi) is 5.56. The van der Waals surface area contributed by atoms with Crippen molar-refractivity contribution < 1.29 is 4.74 Å². The van der Waals surface area contributed by atoms with Gasteiger partial charge in [-0.1, -0.05) is 18.2 Å². The van der Waals surface area contributed by atoms with E-state index in [0.29, 0.717) is 0 Å². The second-order valence-electron chi connectivity index (χ2n) is 8.23. The molecule has 3 heterocycles. The van der Waals surface area contributed by atoms with Crippen molar-refractivity contribution in [2.75, 3.05) is 38.2 Å². The van der Waals surface area contributed by atoms with E-state index < -0.39 is 0 Å². The van der Waals surface area contributed by atoms with Crippen LogP contribution in [0.3, 0.4) is 0 Å². The van der Waals surface area contributed by atoms with Gasteiger partial charge in [-0.2, -0.15) is 0 Å². The van der Waals surface area contributed by atoms with Gasteiger partial charge in [0.2, 0.25) is 0 Å². The predicted octanol–water partition coefficient (Wildman–Crippen LogP) is 3.41. The highest BCUT2D eigenvalue weighted by Gasteiger charge is 2.34. The Balaban J connectivity index is 1.59. The number of rotatable bonds is 5. The summed E-state index contributed by atoms with van der Waals surface area (Å²) in [6.07, 6.45) is 0. The van der Waals surface area contributed by atoms with E-state index in [1.165, 1.54) is 4.88 Å². The number of tetrazole rings is 1. The van der Waals surface area contributed by atoms with Crippen molar-refractivity contribution in [3.63, 3.8) is 0 Å². The standard InChI is InChI=1S/C21H28N6OS/c1-21(2,3)27-20(22-23-24-27)19(18-10-7-15-29-18)26-13-11-25(12-14-26)16-8-5-6-9-17(16)28-4/h5-10,15,19H,11-14H2,1-4H3. The van der Waals surface area contributed by atoms with Crippen LogP contribution in [0.25, 0.3) is 0 Å². The summed E-state index contributed by atoms with van der Waals surface area (Å²) in [6, 6.07) is 12.6. The number of anilines is 1. The molecule has 1 atom stereocenters. The van der Waals surface area contributed by atoms with Gasteiger partial charge >= 0.3 is 0 Å². The van der Waals surface area contributed by atoms with E-state index in [1.54, 1.807) is 18.4 Å². The molecular formula is C21H28N6OS. The van der Waals surface area contributed by atoms with E-state index in [9.17, 15) is 0 Å². The summed E-state index contributed by atoms with van der Waals surface area (Å²) in [4.78, 5) is 6.16. The Labute approximate surface area is 175 Å². The molecule has 3 aromatic rings. The van der Waals surface area contributed by atoms with Crippen LogP contribution in [0.5, 0.6) is 5.75 Å². The Morgan fingerprint density at radius 1 is 1.03 bits per heavy atom. The number of piperazine rings is 1. The predicted molar refractivity (Wildman–Crippen MR) is 116 cm³/mol. The SMILES string of the molecule is COc1ccccc1N1CCN(C(c2cccs2)c2nnnn2C(C)(C)C)CC1. The van der Waals surface area contributed by atoms with Gasteiger partial charge < -0.3 is 9.64 Å². The number of benzene rings is 1. The lowest BCUT2D eigenvalue weighted by Gasteiger charge is -2.40. The second-order valence-corrected chi connectivity index (χ2v) is 9.21. The molecule has 0 bridgehead atoms. The van der Waals surface area contributed by atoms with Crippen LogP contribution in [0.2, 0.25) is 0 Å². The molecule has 1 fully saturated rings. The number of ether oxygens (including phenoxy) is 1. The summed E-state index contributed by atoms with van der Waals surface area (Å²) in [7, 11) is 1.73. The third-order valence-electron chi connectivity index (χ3n) is 5.29. The largest absolute Gasteiger partial charge is 0.495 e. The van der Waals surface area contributed by atoms with Gasteiger partial charge in [0.15, 0.2) is 5.82 Å². The minimum Gasteiger partial charge on any atom is -0.495 e. The minimum absolute atomic E-state index is 0.0593. The van der Waals surface area contributed by atoms with Crippen molar-refractivity contribution in [2.24, 2.45) is 0 Å². The zero-order chi connectivity index (χ0) is 20.4. The summed E-state index contributed by atoms with van der Waals surface area (Å²) in [6.45, 7) is 10.1. The van der Waals surface area contributed by atoms with E-state index in [2.05, 4.69) is 75.7 Å². The van der Waals surface area contributed by atoms with E-state index in [1.807, 2.05) is 16.8 Å². The molecule has 1 aromatic carbocycles. The number of methoxy groups -OCH3 is 1. The molecule has 1 saturated heterocycles. The van der Waals surface area contributed by atoms with E-state index >= 15 is 0 Å². The molecule has 1 unspecified atom stereocenters. The molecule has 4 rings (SSSR count). The average Bonchev–Trinajstić information content (AvgIpc) is 3.41. The molecule has 154 valence electrons. The maximum absolute atomic E-state index is 5.56. The summed E-state index contributed by atoms with van der Waals surface area (Å²) < 4.78 is 7.52. The first kappa shape index (κ1) is 19.8. The van der Waals surface area contributed by atoms with Gasteiger partial charge in [-0.25, -0.2) is 4.68 Å². The molecule has 0 spiro atoms. The quantitative estimate of drug-likeness (QED) is 0.640. The lowest BCUT2D eigenvalue weighted by atomic mass is 10.1. The van der Waals surface area contributed by atoms with Gasteiger partial charge in [-0.05, 0) is 54.8 Å². The van der Waals surface area contributed by atoms with Crippen LogP contribution in [0.1, 0.15) is 37.5 Å².